The third-order valence-electron chi connectivity index (χ3n) is 5.15. The Balaban J connectivity index is 1.90. The van der Waals surface area contributed by atoms with E-state index in [1.807, 2.05) is 6.26 Å². The Bertz CT molecular complexity index is 569. The predicted octanol–water partition coefficient (Wildman–Crippen LogP) is 3.59. The lowest BCUT2D eigenvalue weighted by atomic mass is 9.58. The SMILES string of the molecule is C=C1C(OC(C)=O)CCC2(C)Cc3occ(C)c3CC12. The second-order valence-corrected chi connectivity index (χ2v) is 6.62. The van der Waals surface area contributed by atoms with Crippen LogP contribution in [0.2, 0.25) is 0 Å². The number of carbonyl (C=O) groups excluding carboxylic acids is 1. The molecule has 3 heteroatoms. The Kier molecular flexibility index (Phi) is 3.03. The van der Waals surface area contributed by atoms with Crippen molar-refractivity contribution in [3.05, 3.63) is 35.3 Å². The molecule has 0 saturated heterocycles. The second kappa shape index (κ2) is 4.51. The number of aryl methyl sites for hydroxylation is 1. The van der Waals surface area contributed by atoms with Crippen LogP contribution in [0.1, 0.15) is 43.6 Å². The van der Waals surface area contributed by atoms with Gasteiger partial charge in [-0.3, -0.25) is 4.79 Å². The fourth-order valence-corrected chi connectivity index (χ4v) is 3.93. The first kappa shape index (κ1) is 13.5. The minimum Gasteiger partial charge on any atom is -0.469 e. The highest BCUT2D eigenvalue weighted by Crippen LogP contribution is 2.51. The molecule has 0 aliphatic heterocycles. The molecule has 1 saturated carbocycles. The largest absolute Gasteiger partial charge is 0.469 e. The van der Waals surface area contributed by atoms with E-state index in [1.54, 1.807) is 0 Å². The van der Waals surface area contributed by atoms with Crippen LogP contribution in [0, 0.1) is 18.3 Å². The van der Waals surface area contributed by atoms with Crippen molar-refractivity contribution >= 4 is 5.97 Å². The minimum atomic E-state index is -0.212. The minimum absolute atomic E-state index is 0.112. The van der Waals surface area contributed by atoms with Gasteiger partial charge in [0.15, 0.2) is 0 Å². The van der Waals surface area contributed by atoms with Crippen LogP contribution in [0.25, 0.3) is 0 Å². The second-order valence-electron chi connectivity index (χ2n) is 6.62. The number of carbonyl (C=O) groups is 1. The summed E-state index contributed by atoms with van der Waals surface area (Å²) < 4.78 is 11.1. The molecule has 0 N–H and O–H groups in total. The monoisotopic (exact) mass is 274 g/mol. The number of rotatable bonds is 1. The van der Waals surface area contributed by atoms with E-state index in [1.165, 1.54) is 18.1 Å². The van der Waals surface area contributed by atoms with Crippen molar-refractivity contribution in [3.8, 4) is 0 Å². The van der Waals surface area contributed by atoms with Gasteiger partial charge in [-0.05, 0) is 54.2 Å². The Morgan fingerprint density at radius 2 is 2.30 bits per heavy atom. The number of furan rings is 1. The molecule has 1 aromatic heterocycles. The summed E-state index contributed by atoms with van der Waals surface area (Å²) >= 11 is 0. The molecular weight excluding hydrogens is 252 g/mol. The van der Waals surface area contributed by atoms with Gasteiger partial charge in [-0.1, -0.05) is 13.5 Å². The quantitative estimate of drug-likeness (QED) is 0.580. The molecule has 2 aliphatic carbocycles. The average Bonchev–Trinajstić information content (AvgIpc) is 2.72. The van der Waals surface area contributed by atoms with Crippen LogP contribution in [-0.4, -0.2) is 12.1 Å². The highest BCUT2D eigenvalue weighted by atomic mass is 16.5. The van der Waals surface area contributed by atoms with Gasteiger partial charge < -0.3 is 9.15 Å². The summed E-state index contributed by atoms with van der Waals surface area (Å²) in [5.41, 5.74) is 3.83. The summed E-state index contributed by atoms with van der Waals surface area (Å²) in [4.78, 5) is 11.2. The molecule has 20 heavy (non-hydrogen) atoms. The van der Waals surface area contributed by atoms with Crippen LogP contribution >= 0.6 is 0 Å². The maximum absolute atomic E-state index is 11.2. The fourth-order valence-electron chi connectivity index (χ4n) is 3.93. The molecule has 3 atom stereocenters. The lowest BCUT2D eigenvalue weighted by Crippen LogP contribution is -2.44. The molecule has 0 aromatic carbocycles. The van der Waals surface area contributed by atoms with Crippen molar-refractivity contribution in [2.75, 3.05) is 0 Å². The van der Waals surface area contributed by atoms with Crippen LogP contribution in [-0.2, 0) is 22.4 Å². The smallest absolute Gasteiger partial charge is 0.303 e. The number of esters is 1. The van der Waals surface area contributed by atoms with Crippen LogP contribution < -0.4 is 0 Å². The third kappa shape index (κ3) is 2.00. The molecule has 0 bridgehead atoms. The van der Waals surface area contributed by atoms with E-state index in [0.717, 1.165) is 37.0 Å². The molecule has 3 rings (SSSR count). The van der Waals surface area contributed by atoms with Gasteiger partial charge in [0.2, 0.25) is 0 Å². The number of hydrogen-bond donors (Lipinski definition) is 0. The Labute approximate surface area is 120 Å². The lowest BCUT2D eigenvalue weighted by molar-refractivity contribution is -0.146. The zero-order valence-corrected chi connectivity index (χ0v) is 12.5. The Hall–Kier alpha value is -1.51. The molecule has 0 amide bonds. The van der Waals surface area contributed by atoms with Crippen LogP contribution in [0.5, 0.6) is 0 Å². The first-order valence-corrected chi connectivity index (χ1v) is 7.32. The Morgan fingerprint density at radius 1 is 1.55 bits per heavy atom. The van der Waals surface area contributed by atoms with Gasteiger partial charge in [0.05, 0.1) is 6.26 Å². The summed E-state index contributed by atoms with van der Waals surface area (Å²) in [5.74, 6) is 1.31. The van der Waals surface area contributed by atoms with Crippen molar-refractivity contribution < 1.29 is 13.9 Å². The maximum atomic E-state index is 11.2. The first-order chi connectivity index (χ1) is 9.40. The van der Waals surface area contributed by atoms with Gasteiger partial charge in [0.25, 0.3) is 0 Å². The molecule has 2 aliphatic rings. The molecule has 3 unspecified atom stereocenters. The number of fused-ring (bicyclic) bond motifs is 2. The molecule has 3 nitrogen and oxygen atoms in total. The van der Waals surface area contributed by atoms with Gasteiger partial charge in [-0.15, -0.1) is 0 Å². The summed E-state index contributed by atoms with van der Waals surface area (Å²) in [6.07, 6.45) is 5.60. The van der Waals surface area contributed by atoms with Crippen LogP contribution in [0.4, 0.5) is 0 Å². The van der Waals surface area contributed by atoms with Crippen molar-refractivity contribution in [3.63, 3.8) is 0 Å². The fraction of sp³-hybridized carbons (Fsp3) is 0.588. The van der Waals surface area contributed by atoms with E-state index >= 15 is 0 Å². The molecule has 1 fully saturated rings. The topological polar surface area (TPSA) is 39.4 Å². The van der Waals surface area contributed by atoms with E-state index in [9.17, 15) is 4.79 Å². The van der Waals surface area contributed by atoms with Gasteiger partial charge in [-0.25, -0.2) is 0 Å². The first-order valence-electron chi connectivity index (χ1n) is 7.32. The van der Waals surface area contributed by atoms with Crippen molar-refractivity contribution in [2.45, 2.75) is 52.6 Å². The maximum Gasteiger partial charge on any atom is 0.303 e. The van der Waals surface area contributed by atoms with Crippen molar-refractivity contribution in [1.29, 1.82) is 0 Å². The van der Waals surface area contributed by atoms with Crippen LogP contribution in [0.3, 0.4) is 0 Å². The van der Waals surface area contributed by atoms with Gasteiger partial charge in [0.1, 0.15) is 11.9 Å². The highest BCUT2D eigenvalue weighted by Gasteiger charge is 2.47. The lowest BCUT2D eigenvalue weighted by Gasteiger charge is -2.47. The molecule has 1 heterocycles. The summed E-state index contributed by atoms with van der Waals surface area (Å²) in [6, 6.07) is 0. The highest BCUT2D eigenvalue weighted by molar-refractivity contribution is 5.66. The zero-order chi connectivity index (χ0) is 14.5. The van der Waals surface area contributed by atoms with E-state index in [4.69, 9.17) is 9.15 Å². The van der Waals surface area contributed by atoms with Gasteiger partial charge in [0, 0.05) is 13.3 Å². The number of ether oxygens (including phenoxy) is 1. The van der Waals surface area contributed by atoms with Gasteiger partial charge in [-0.2, -0.15) is 0 Å². The van der Waals surface area contributed by atoms with E-state index in [-0.39, 0.29) is 17.5 Å². The van der Waals surface area contributed by atoms with E-state index in [0.29, 0.717) is 5.92 Å². The number of hydrogen-bond acceptors (Lipinski definition) is 3. The van der Waals surface area contributed by atoms with Crippen LogP contribution in [0.15, 0.2) is 22.8 Å². The molecule has 0 radical (unpaired) electrons. The summed E-state index contributed by atoms with van der Waals surface area (Å²) in [6.45, 7) is 10.1. The molecular formula is C17H22O3. The van der Waals surface area contributed by atoms with Crippen molar-refractivity contribution in [2.24, 2.45) is 11.3 Å². The van der Waals surface area contributed by atoms with Crippen molar-refractivity contribution in [1.82, 2.24) is 0 Å². The standard InChI is InChI=1S/C17H22O3/c1-10-9-19-16-8-17(4)6-5-15(20-12(3)18)11(2)14(17)7-13(10)16/h9,14-15H,2,5-8H2,1,3-4H3. The van der Waals surface area contributed by atoms with Gasteiger partial charge >= 0.3 is 5.97 Å². The summed E-state index contributed by atoms with van der Waals surface area (Å²) in [5, 5.41) is 0. The molecule has 0 spiro atoms. The van der Waals surface area contributed by atoms with E-state index < -0.39 is 0 Å². The zero-order valence-electron chi connectivity index (χ0n) is 12.5. The predicted molar refractivity (Wildman–Crippen MR) is 76.4 cm³/mol. The Morgan fingerprint density at radius 3 is 3.00 bits per heavy atom. The van der Waals surface area contributed by atoms with E-state index in [2.05, 4.69) is 20.4 Å². The summed E-state index contributed by atoms with van der Waals surface area (Å²) in [7, 11) is 0. The third-order valence-corrected chi connectivity index (χ3v) is 5.15. The average molecular weight is 274 g/mol. The molecule has 1 aromatic rings. The molecule has 108 valence electrons. The normalized spacial score (nSPS) is 32.5.